The van der Waals surface area contributed by atoms with Crippen molar-refractivity contribution in [3.8, 4) is 0 Å². The van der Waals surface area contributed by atoms with Crippen molar-refractivity contribution in [2.45, 2.75) is 27.2 Å². The lowest BCUT2D eigenvalue weighted by atomic mass is 10.1. The van der Waals surface area contributed by atoms with Gasteiger partial charge in [-0.2, -0.15) is 0 Å². The number of hydrogen-bond acceptors (Lipinski definition) is 3. The molecule has 1 heterocycles. The highest BCUT2D eigenvalue weighted by Gasteiger charge is 2.31. The first-order valence-electron chi connectivity index (χ1n) is 6.21. The van der Waals surface area contributed by atoms with Crippen molar-refractivity contribution >= 4 is 28.5 Å². The summed E-state index contributed by atoms with van der Waals surface area (Å²) in [6.07, 6.45) is 0.999. The fourth-order valence-corrected chi connectivity index (χ4v) is 2.95. The molecule has 18 heavy (non-hydrogen) atoms. The summed E-state index contributed by atoms with van der Waals surface area (Å²) in [5, 5.41) is 0.847. The smallest absolute Gasteiger partial charge is 0.243 e. The zero-order valence-electron chi connectivity index (χ0n) is 11.1. The van der Waals surface area contributed by atoms with Gasteiger partial charge in [-0.3, -0.25) is 14.7 Å². The van der Waals surface area contributed by atoms with Crippen LogP contribution in [0.15, 0.2) is 23.2 Å². The van der Waals surface area contributed by atoms with Crippen molar-refractivity contribution in [2.75, 3.05) is 17.2 Å². The molecule has 1 fully saturated rings. The van der Waals surface area contributed by atoms with Crippen molar-refractivity contribution in [2.24, 2.45) is 4.99 Å². The van der Waals surface area contributed by atoms with E-state index in [0.29, 0.717) is 5.75 Å². The molecule has 1 amide bonds. The number of hydrogen-bond donors (Lipinski definition) is 0. The number of nitrogens with zero attached hydrogens (tertiary/aromatic N) is 2. The van der Waals surface area contributed by atoms with Gasteiger partial charge < -0.3 is 0 Å². The minimum absolute atomic E-state index is 0.132. The van der Waals surface area contributed by atoms with Gasteiger partial charge in [-0.25, -0.2) is 0 Å². The maximum absolute atomic E-state index is 12.1. The van der Waals surface area contributed by atoms with Gasteiger partial charge in [-0.15, -0.1) is 0 Å². The molecule has 0 N–H and O–H groups in total. The molecule has 3 nitrogen and oxygen atoms in total. The molecule has 2 rings (SSSR count). The fraction of sp³-hybridized carbons (Fsp3) is 0.429. The SMILES string of the molecule is CCCN=C1SCC(=O)N1c1c(C)cccc1C. The first kappa shape index (κ1) is 13.1. The topological polar surface area (TPSA) is 32.7 Å². The van der Waals surface area contributed by atoms with Crippen molar-refractivity contribution in [1.82, 2.24) is 0 Å². The number of aryl methyl sites for hydroxylation is 2. The minimum atomic E-state index is 0.132. The van der Waals surface area contributed by atoms with Crippen LogP contribution in [-0.2, 0) is 4.79 Å². The summed E-state index contributed by atoms with van der Waals surface area (Å²) in [7, 11) is 0. The van der Waals surface area contributed by atoms with Crippen molar-refractivity contribution in [3.05, 3.63) is 29.3 Å². The number of carbonyl (C=O) groups is 1. The summed E-state index contributed by atoms with van der Waals surface area (Å²) in [6.45, 7) is 6.94. The summed E-state index contributed by atoms with van der Waals surface area (Å²) in [4.78, 5) is 18.4. The van der Waals surface area contributed by atoms with Gasteiger partial charge >= 0.3 is 0 Å². The fourth-order valence-electron chi connectivity index (χ4n) is 2.06. The number of thioether (sulfide) groups is 1. The highest BCUT2D eigenvalue weighted by Crippen LogP contribution is 2.31. The largest absolute Gasteiger partial charge is 0.273 e. The Morgan fingerprint density at radius 3 is 2.61 bits per heavy atom. The minimum Gasteiger partial charge on any atom is -0.273 e. The highest BCUT2D eigenvalue weighted by atomic mass is 32.2. The third-order valence-corrected chi connectivity index (χ3v) is 3.86. The lowest BCUT2D eigenvalue weighted by Crippen LogP contribution is -2.30. The molecule has 0 unspecified atom stereocenters. The Morgan fingerprint density at radius 1 is 1.33 bits per heavy atom. The molecular weight excluding hydrogens is 244 g/mol. The van der Waals surface area contributed by atoms with Crippen LogP contribution in [-0.4, -0.2) is 23.4 Å². The molecule has 1 aliphatic rings. The van der Waals surface area contributed by atoms with Gasteiger partial charge in [0.1, 0.15) is 0 Å². The standard InChI is InChI=1S/C14H18N2OS/c1-4-8-15-14-16(12(17)9-18-14)13-10(2)6-5-7-11(13)3/h5-7H,4,8-9H2,1-3H3. The van der Waals surface area contributed by atoms with E-state index >= 15 is 0 Å². The highest BCUT2D eigenvalue weighted by molar-refractivity contribution is 8.15. The summed E-state index contributed by atoms with van der Waals surface area (Å²) in [5.41, 5.74) is 3.24. The molecule has 96 valence electrons. The zero-order chi connectivity index (χ0) is 13.1. The van der Waals surface area contributed by atoms with Gasteiger partial charge in [0.15, 0.2) is 5.17 Å². The Balaban J connectivity index is 2.43. The number of rotatable bonds is 3. The van der Waals surface area contributed by atoms with E-state index in [1.54, 1.807) is 4.90 Å². The summed E-state index contributed by atoms with van der Waals surface area (Å²) in [5.74, 6) is 0.628. The second-order valence-corrected chi connectivity index (χ2v) is 5.37. The molecule has 1 aliphatic heterocycles. The number of amidine groups is 1. The molecule has 1 saturated heterocycles. The number of amides is 1. The number of anilines is 1. The van der Waals surface area contributed by atoms with Crippen LogP contribution in [0.25, 0.3) is 0 Å². The monoisotopic (exact) mass is 262 g/mol. The number of benzene rings is 1. The van der Waals surface area contributed by atoms with Crippen molar-refractivity contribution in [1.29, 1.82) is 0 Å². The van der Waals surface area contributed by atoms with Gasteiger partial charge in [0, 0.05) is 6.54 Å². The van der Waals surface area contributed by atoms with Gasteiger partial charge in [-0.1, -0.05) is 36.9 Å². The Hall–Kier alpha value is -1.29. The predicted octanol–water partition coefficient (Wildman–Crippen LogP) is 3.15. The molecule has 0 aromatic heterocycles. The van der Waals surface area contributed by atoms with Crippen LogP contribution in [0.4, 0.5) is 5.69 Å². The maximum atomic E-state index is 12.1. The summed E-state index contributed by atoms with van der Waals surface area (Å²) < 4.78 is 0. The number of para-hydroxylation sites is 1. The van der Waals surface area contributed by atoms with E-state index in [-0.39, 0.29) is 5.91 Å². The zero-order valence-corrected chi connectivity index (χ0v) is 11.9. The van der Waals surface area contributed by atoms with E-state index in [1.165, 1.54) is 11.8 Å². The second kappa shape index (κ2) is 5.57. The predicted molar refractivity (Wildman–Crippen MR) is 78.5 cm³/mol. The van der Waals surface area contributed by atoms with Crippen LogP contribution in [0.3, 0.4) is 0 Å². The van der Waals surface area contributed by atoms with Crippen molar-refractivity contribution in [3.63, 3.8) is 0 Å². The molecule has 4 heteroatoms. The molecule has 0 aliphatic carbocycles. The Morgan fingerprint density at radius 2 is 2.00 bits per heavy atom. The third-order valence-electron chi connectivity index (χ3n) is 2.90. The quantitative estimate of drug-likeness (QED) is 0.838. The van der Waals surface area contributed by atoms with E-state index in [1.807, 2.05) is 32.0 Å². The van der Waals surface area contributed by atoms with Gasteiger partial charge in [0.25, 0.3) is 0 Å². The molecule has 1 aromatic carbocycles. The molecule has 1 aromatic rings. The maximum Gasteiger partial charge on any atom is 0.243 e. The Bertz CT molecular complexity index is 476. The molecule has 0 saturated carbocycles. The van der Waals surface area contributed by atoms with E-state index < -0.39 is 0 Å². The first-order chi connectivity index (χ1) is 8.65. The van der Waals surface area contributed by atoms with Crippen LogP contribution in [0.2, 0.25) is 0 Å². The Labute approximate surface area is 112 Å². The molecule has 0 spiro atoms. The van der Waals surface area contributed by atoms with Crippen LogP contribution in [0.1, 0.15) is 24.5 Å². The van der Waals surface area contributed by atoms with E-state index in [0.717, 1.165) is 34.9 Å². The van der Waals surface area contributed by atoms with E-state index in [2.05, 4.69) is 11.9 Å². The van der Waals surface area contributed by atoms with Crippen molar-refractivity contribution < 1.29 is 4.79 Å². The lowest BCUT2D eigenvalue weighted by Gasteiger charge is -2.20. The lowest BCUT2D eigenvalue weighted by molar-refractivity contribution is -0.115. The molecule has 0 atom stereocenters. The van der Waals surface area contributed by atoms with Gasteiger partial charge in [0.2, 0.25) is 5.91 Å². The van der Waals surface area contributed by atoms with E-state index in [9.17, 15) is 4.79 Å². The first-order valence-corrected chi connectivity index (χ1v) is 7.20. The summed E-state index contributed by atoms with van der Waals surface area (Å²) in [6, 6.07) is 6.09. The van der Waals surface area contributed by atoms with Crippen LogP contribution < -0.4 is 4.90 Å². The number of aliphatic imine (C=N–C) groups is 1. The molecule has 0 radical (unpaired) electrons. The second-order valence-electron chi connectivity index (χ2n) is 4.42. The van der Waals surface area contributed by atoms with Crippen LogP contribution >= 0.6 is 11.8 Å². The van der Waals surface area contributed by atoms with Crippen LogP contribution in [0.5, 0.6) is 0 Å². The normalized spacial score (nSPS) is 17.8. The van der Waals surface area contributed by atoms with Crippen LogP contribution in [0, 0.1) is 13.8 Å². The number of carbonyl (C=O) groups excluding carboxylic acids is 1. The average molecular weight is 262 g/mol. The Kier molecular flexibility index (Phi) is 4.07. The van der Waals surface area contributed by atoms with Gasteiger partial charge in [-0.05, 0) is 31.4 Å². The molecular formula is C14H18N2OS. The summed E-state index contributed by atoms with van der Waals surface area (Å²) >= 11 is 1.54. The van der Waals surface area contributed by atoms with Gasteiger partial charge in [0.05, 0.1) is 11.4 Å². The van der Waals surface area contributed by atoms with E-state index in [4.69, 9.17) is 0 Å². The average Bonchev–Trinajstić information content (AvgIpc) is 2.69. The molecule has 0 bridgehead atoms. The third kappa shape index (κ3) is 2.43.